The van der Waals surface area contributed by atoms with E-state index in [0.717, 1.165) is 19.4 Å². The minimum Gasteiger partial charge on any atom is -0.393 e. The molecule has 3 unspecified atom stereocenters. The van der Waals surface area contributed by atoms with Crippen LogP contribution in [0.4, 0.5) is 0 Å². The van der Waals surface area contributed by atoms with Gasteiger partial charge in [-0.15, -0.1) is 11.3 Å². The quantitative estimate of drug-likeness (QED) is 0.825. The van der Waals surface area contributed by atoms with Gasteiger partial charge in [0, 0.05) is 23.7 Å². The van der Waals surface area contributed by atoms with Gasteiger partial charge in [-0.2, -0.15) is 0 Å². The topological polar surface area (TPSA) is 45.1 Å². The zero-order valence-electron chi connectivity index (χ0n) is 9.02. The molecule has 1 aliphatic carbocycles. The Balaban J connectivity index is 1.78. The molecule has 1 heterocycles. The van der Waals surface area contributed by atoms with Crippen LogP contribution in [0.3, 0.4) is 0 Å². The van der Waals surface area contributed by atoms with Gasteiger partial charge >= 0.3 is 0 Å². The van der Waals surface area contributed by atoms with Crippen molar-refractivity contribution in [1.29, 1.82) is 0 Å². The van der Waals surface area contributed by atoms with Crippen LogP contribution in [0, 0.1) is 5.92 Å². The Morgan fingerprint density at radius 3 is 3.13 bits per heavy atom. The third kappa shape index (κ3) is 2.77. The smallest absolute Gasteiger partial charge is 0.0794 e. The highest BCUT2D eigenvalue weighted by atomic mass is 32.1. The number of rotatable bonds is 4. The van der Waals surface area contributed by atoms with E-state index in [9.17, 15) is 5.11 Å². The predicted octanol–water partition coefficient (Wildman–Crippen LogP) is 1.95. The maximum Gasteiger partial charge on any atom is 0.0794 e. The van der Waals surface area contributed by atoms with Crippen molar-refractivity contribution >= 4 is 11.3 Å². The molecule has 2 N–H and O–H groups in total. The van der Waals surface area contributed by atoms with E-state index in [0.29, 0.717) is 12.0 Å². The van der Waals surface area contributed by atoms with Gasteiger partial charge in [0.05, 0.1) is 11.6 Å². The molecule has 0 spiro atoms. The average Bonchev–Trinajstić information content (AvgIpc) is 2.85. The van der Waals surface area contributed by atoms with Crippen molar-refractivity contribution in [3.05, 3.63) is 16.6 Å². The van der Waals surface area contributed by atoms with Crippen LogP contribution in [0.15, 0.2) is 11.7 Å². The zero-order valence-corrected chi connectivity index (χ0v) is 9.83. The summed E-state index contributed by atoms with van der Waals surface area (Å²) in [6.07, 6.45) is 5.12. The molecule has 1 aromatic heterocycles. The monoisotopic (exact) mass is 226 g/mol. The van der Waals surface area contributed by atoms with Crippen LogP contribution in [-0.2, 0) is 0 Å². The molecule has 1 aliphatic rings. The van der Waals surface area contributed by atoms with Crippen molar-refractivity contribution in [2.75, 3.05) is 6.54 Å². The molecule has 15 heavy (non-hydrogen) atoms. The first kappa shape index (κ1) is 11.0. The first-order valence-electron chi connectivity index (χ1n) is 5.57. The molecule has 3 nitrogen and oxygen atoms in total. The van der Waals surface area contributed by atoms with Gasteiger partial charge in [0.2, 0.25) is 0 Å². The van der Waals surface area contributed by atoms with E-state index in [1.54, 1.807) is 11.3 Å². The summed E-state index contributed by atoms with van der Waals surface area (Å²) in [5, 5.41) is 13.2. The van der Waals surface area contributed by atoms with Gasteiger partial charge in [0.15, 0.2) is 0 Å². The number of hydrogen-bond donors (Lipinski definition) is 2. The minimum absolute atomic E-state index is 0.0915. The van der Waals surface area contributed by atoms with Crippen LogP contribution >= 0.6 is 11.3 Å². The Kier molecular flexibility index (Phi) is 3.72. The van der Waals surface area contributed by atoms with Crippen molar-refractivity contribution in [1.82, 2.24) is 10.3 Å². The maximum absolute atomic E-state index is 9.68. The van der Waals surface area contributed by atoms with E-state index in [4.69, 9.17) is 0 Å². The molecular weight excluding hydrogens is 208 g/mol. The van der Waals surface area contributed by atoms with Crippen LogP contribution in [-0.4, -0.2) is 22.7 Å². The normalized spacial score (nSPS) is 28.1. The molecule has 0 bridgehead atoms. The van der Waals surface area contributed by atoms with Gasteiger partial charge in [-0.1, -0.05) is 6.42 Å². The molecule has 84 valence electrons. The lowest BCUT2D eigenvalue weighted by Crippen LogP contribution is -2.29. The highest BCUT2D eigenvalue weighted by molar-refractivity contribution is 7.09. The summed E-state index contributed by atoms with van der Waals surface area (Å²) in [7, 11) is 0. The summed E-state index contributed by atoms with van der Waals surface area (Å²) in [5.41, 5.74) is 1.86. The van der Waals surface area contributed by atoms with Crippen molar-refractivity contribution in [2.45, 2.75) is 38.3 Å². The fourth-order valence-electron chi connectivity index (χ4n) is 2.12. The number of aliphatic hydroxyl groups excluding tert-OH is 1. The van der Waals surface area contributed by atoms with Gasteiger partial charge in [0.25, 0.3) is 0 Å². The lowest BCUT2D eigenvalue weighted by atomic mass is 10.1. The molecule has 1 saturated carbocycles. The maximum atomic E-state index is 9.68. The van der Waals surface area contributed by atoms with Gasteiger partial charge in [-0.05, 0) is 25.7 Å². The van der Waals surface area contributed by atoms with E-state index in [2.05, 4.69) is 17.2 Å². The van der Waals surface area contributed by atoms with E-state index in [-0.39, 0.29) is 6.10 Å². The fourth-order valence-corrected chi connectivity index (χ4v) is 2.78. The molecule has 0 amide bonds. The van der Waals surface area contributed by atoms with Gasteiger partial charge < -0.3 is 10.4 Å². The largest absolute Gasteiger partial charge is 0.393 e. The van der Waals surface area contributed by atoms with Gasteiger partial charge in [0.1, 0.15) is 0 Å². The molecule has 2 rings (SSSR count). The van der Waals surface area contributed by atoms with Crippen molar-refractivity contribution in [3.8, 4) is 0 Å². The Hall–Kier alpha value is -0.450. The number of aromatic nitrogens is 1. The Morgan fingerprint density at radius 2 is 2.53 bits per heavy atom. The summed E-state index contributed by atoms with van der Waals surface area (Å²) in [6.45, 7) is 3.06. The van der Waals surface area contributed by atoms with Gasteiger partial charge in [-0.25, -0.2) is 0 Å². The van der Waals surface area contributed by atoms with E-state index in [1.165, 1.54) is 11.3 Å². The number of hydrogen-bond acceptors (Lipinski definition) is 4. The zero-order chi connectivity index (χ0) is 10.7. The fraction of sp³-hybridized carbons (Fsp3) is 0.727. The van der Waals surface area contributed by atoms with E-state index in [1.807, 2.05) is 11.7 Å². The Bertz CT molecular complexity index is 289. The minimum atomic E-state index is -0.0915. The lowest BCUT2D eigenvalue weighted by molar-refractivity contribution is 0.130. The second-order valence-corrected chi connectivity index (χ2v) is 5.21. The third-order valence-electron chi connectivity index (χ3n) is 3.18. The number of aliphatic hydroxyl groups is 1. The number of nitrogens with zero attached hydrogens (tertiary/aromatic N) is 1. The van der Waals surface area contributed by atoms with Gasteiger partial charge in [-0.3, -0.25) is 4.98 Å². The van der Waals surface area contributed by atoms with Crippen LogP contribution in [0.25, 0.3) is 0 Å². The van der Waals surface area contributed by atoms with Crippen LogP contribution in [0.5, 0.6) is 0 Å². The third-order valence-corrected chi connectivity index (χ3v) is 4.14. The number of nitrogens with one attached hydrogen (secondary N) is 1. The molecule has 0 aromatic carbocycles. The van der Waals surface area contributed by atoms with E-state index < -0.39 is 0 Å². The molecular formula is C11H18N2OS. The molecule has 0 saturated heterocycles. The summed E-state index contributed by atoms with van der Waals surface area (Å²) in [5.74, 6) is 0.445. The van der Waals surface area contributed by atoms with Crippen LogP contribution < -0.4 is 5.32 Å². The number of thiazole rings is 1. The summed E-state index contributed by atoms with van der Waals surface area (Å²) in [4.78, 5) is 5.33. The van der Waals surface area contributed by atoms with Crippen molar-refractivity contribution < 1.29 is 5.11 Å². The van der Waals surface area contributed by atoms with E-state index >= 15 is 0 Å². The summed E-state index contributed by atoms with van der Waals surface area (Å²) >= 11 is 1.68. The standard InChI is InChI=1S/C11H18N2OS/c1-8(11-6-12-7-15-11)13-5-9-3-2-4-10(9)14/h6-10,13-14H,2-5H2,1H3. The Labute approximate surface area is 94.5 Å². The lowest BCUT2D eigenvalue weighted by Gasteiger charge is -2.18. The molecule has 1 aromatic rings. The molecule has 3 atom stereocenters. The van der Waals surface area contributed by atoms with Crippen LogP contribution in [0.2, 0.25) is 0 Å². The molecule has 0 aliphatic heterocycles. The summed E-state index contributed by atoms with van der Waals surface area (Å²) in [6, 6.07) is 0.352. The SMILES string of the molecule is CC(NCC1CCCC1O)c1cncs1. The van der Waals surface area contributed by atoms with Crippen molar-refractivity contribution in [2.24, 2.45) is 5.92 Å². The predicted molar refractivity (Wildman–Crippen MR) is 61.9 cm³/mol. The first-order chi connectivity index (χ1) is 7.27. The molecule has 0 radical (unpaired) electrons. The average molecular weight is 226 g/mol. The Morgan fingerprint density at radius 1 is 1.67 bits per heavy atom. The van der Waals surface area contributed by atoms with Crippen molar-refractivity contribution in [3.63, 3.8) is 0 Å². The highest BCUT2D eigenvalue weighted by Crippen LogP contribution is 2.25. The first-order valence-corrected chi connectivity index (χ1v) is 6.45. The van der Waals surface area contributed by atoms with Crippen LogP contribution in [0.1, 0.15) is 37.1 Å². The highest BCUT2D eigenvalue weighted by Gasteiger charge is 2.25. The summed E-state index contributed by atoms with van der Waals surface area (Å²) < 4.78 is 0. The molecule has 4 heteroatoms. The molecule has 1 fully saturated rings. The second kappa shape index (κ2) is 5.05. The second-order valence-electron chi connectivity index (χ2n) is 4.29.